The van der Waals surface area contributed by atoms with E-state index in [1.165, 1.54) is 6.08 Å². The lowest BCUT2D eigenvalue weighted by Crippen LogP contribution is -2.54. The Morgan fingerprint density at radius 1 is 1.50 bits per heavy atom. The molecule has 1 rings (SSSR count). The molecule has 0 radical (unpaired) electrons. The summed E-state index contributed by atoms with van der Waals surface area (Å²) in [5.41, 5.74) is 16.1. The van der Waals surface area contributed by atoms with Crippen molar-refractivity contribution in [3.63, 3.8) is 0 Å². The van der Waals surface area contributed by atoms with Crippen molar-refractivity contribution in [2.75, 3.05) is 0 Å². The summed E-state index contributed by atoms with van der Waals surface area (Å²) in [6, 6.07) is 0. The van der Waals surface area contributed by atoms with Crippen molar-refractivity contribution in [3.05, 3.63) is 11.9 Å². The van der Waals surface area contributed by atoms with Gasteiger partial charge in [-0.2, -0.15) is 4.99 Å². The fourth-order valence-electron chi connectivity index (χ4n) is 0.635. The minimum Gasteiger partial charge on any atom is -0.384 e. The molecule has 0 saturated carbocycles. The van der Waals surface area contributed by atoms with Crippen LogP contribution in [0.1, 0.15) is 0 Å². The van der Waals surface area contributed by atoms with E-state index in [9.17, 15) is 0 Å². The average molecular weight is 142 g/mol. The fourth-order valence-corrected chi connectivity index (χ4v) is 0.635. The zero-order valence-corrected chi connectivity index (χ0v) is 5.36. The third kappa shape index (κ3) is 1.02. The molecule has 0 amide bonds. The maximum absolute atomic E-state index is 5.44. The maximum atomic E-state index is 5.44. The fraction of sp³-hybridized carbons (Fsp3) is 0.250. The third-order valence-corrected chi connectivity index (χ3v) is 1.17. The molecule has 1 aliphatic rings. The second-order valence-corrected chi connectivity index (χ2v) is 1.96. The number of hydrogen-bond acceptors (Lipinski definition) is 6. The Bertz CT molecular complexity index is 194. The Hall–Kier alpha value is -1.27. The molecule has 0 aliphatic carbocycles. The van der Waals surface area contributed by atoms with Gasteiger partial charge in [-0.05, 0) is 6.08 Å². The van der Waals surface area contributed by atoms with Crippen LogP contribution in [-0.4, -0.2) is 17.1 Å². The molecule has 8 N–H and O–H groups in total. The summed E-state index contributed by atoms with van der Waals surface area (Å²) in [5.74, 6) is 5.77. The number of nitrogens with two attached hydrogens (primary N) is 4. The quantitative estimate of drug-likeness (QED) is 0.280. The second kappa shape index (κ2) is 2.16. The topological polar surface area (TPSA) is 120 Å². The molecule has 0 bridgehead atoms. The van der Waals surface area contributed by atoms with Crippen molar-refractivity contribution >= 4 is 5.96 Å². The summed E-state index contributed by atoms with van der Waals surface area (Å²) in [5, 5.41) is 1.14. The smallest absolute Gasteiger partial charge is 0.214 e. The molecule has 0 fully saturated rings. The van der Waals surface area contributed by atoms with E-state index in [-0.39, 0.29) is 5.96 Å². The predicted molar refractivity (Wildman–Crippen MR) is 37.9 cm³/mol. The van der Waals surface area contributed by atoms with Crippen LogP contribution in [0.4, 0.5) is 0 Å². The van der Waals surface area contributed by atoms with Crippen LogP contribution in [0.3, 0.4) is 0 Å². The van der Waals surface area contributed by atoms with Gasteiger partial charge in [0.25, 0.3) is 0 Å². The van der Waals surface area contributed by atoms with Gasteiger partial charge in [0.15, 0.2) is 0 Å². The van der Waals surface area contributed by atoms with Gasteiger partial charge in [-0.1, -0.05) is 0 Å². The van der Waals surface area contributed by atoms with Crippen molar-refractivity contribution in [1.29, 1.82) is 0 Å². The minimum atomic E-state index is -0.475. The summed E-state index contributed by atoms with van der Waals surface area (Å²) in [6.45, 7) is 0. The van der Waals surface area contributed by atoms with Gasteiger partial charge in [-0.25, -0.2) is 5.84 Å². The largest absolute Gasteiger partial charge is 0.384 e. The molecule has 6 nitrogen and oxygen atoms in total. The summed E-state index contributed by atoms with van der Waals surface area (Å²) in [6.07, 6.45) is 1.04. The van der Waals surface area contributed by atoms with Crippen LogP contribution >= 0.6 is 0 Å². The van der Waals surface area contributed by atoms with E-state index in [4.69, 9.17) is 23.0 Å². The van der Waals surface area contributed by atoms with Gasteiger partial charge in [-0.15, -0.1) is 0 Å². The van der Waals surface area contributed by atoms with Crippen LogP contribution in [0, 0.1) is 0 Å². The maximum Gasteiger partial charge on any atom is 0.214 e. The van der Waals surface area contributed by atoms with Crippen molar-refractivity contribution in [3.8, 4) is 0 Å². The molecule has 0 aromatic heterocycles. The van der Waals surface area contributed by atoms with Crippen molar-refractivity contribution in [2.24, 2.45) is 28.0 Å². The van der Waals surface area contributed by atoms with Gasteiger partial charge < -0.3 is 17.2 Å². The van der Waals surface area contributed by atoms with Crippen molar-refractivity contribution in [2.45, 2.75) is 6.17 Å². The highest BCUT2D eigenvalue weighted by Gasteiger charge is 2.14. The average Bonchev–Trinajstić information content (AvgIpc) is 1.82. The first-order valence-corrected chi connectivity index (χ1v) is 2.72. The van der Waals surface area contributed by atoms with Gasteiger partial charge in [0.2, 0.25) is 5.96 Å². The molecule has 1 aliphatic heterocycles. The molecule has 0 aromatic rings. The van der Waals surface area contributed by atoms with Gasteiger partial charge in [0.1, 0.15) is 12.0 Å². The zero-order chi connectivity index (χ0) is 7.72. The molecule has 6 heteroatoms. The number of hydrazine groups is 1. The van der Waals surface area contributed by atoms with E-state index in [0.29, 0.717) is 5.82 Å². The molecule has 1 unspecified atom stereocenters. The molecule has 1 heterocycles. The molecule has 1 atom stereocenters. The Morgan fingerprint density at radius 2 is 2.10 bits per heavy atom. The van der Waals surface area contributed by atoms with E-state index in [0.717, 1.165) is 5.01 Å². The van der Waals surface area contributed by atoms with Crippen LogP contribution < -0.4 is 23.0 Å². The van der Waals surface area contributed by atoms with Crippen LogP contribution in [0.5, 0.6) is 0 Å². The predicted octanol–water partition coefficient (Wildman–Crippen LogP) is -2.42. The minimum absolute atomic E-state index is 0.132. The molecule has 0 spiro atoms. The molecular formula is C4H10N6. The molecular weight excluding hydrogens is 132 g/mol. The Morgan fingerprint density at radius 3 is 2.60 bits per heavy atom. The number of aliphatic imine (C=N–C) groups is 1. The number of nitrogens with zero attached hydrogens (tertiary/aromatic N) is 2. The first-order chi connectivity index (χ1) is 4.61. The Kier molecular flexibility index (Phi) is 1.48. The van der Waals surface area contributed by atoms with Gasteiger partial charge in [0, 0.05) is 0 Å². The van der Waals surface area contributed by atoms with E-state index in [2.05, 4.69) is 4.99 Å². The molecule has 56 valence electrons. The normalized spacial score (nSPS) is 25.8. The SMILES string of the molecule is NC1=CC(N)N(N)C(N)=N1. The standard InChI is InChI=1S/C4H10N6/c5-2-1-3(6)10(8)4(7)9-2/h1,3H,5-6,8H2,(H2,7,9). The number of guanidine groups is 1. The summed E-state index contributed by atoms with van der Waals surface area (Å²) >= 11 is 0. The third-order valence-electron chi connectivity index (χ3n) is 1.17. The Labute approximate surface area is 58.1 Å². The van der Waals surface area contributed by atoms with Crippen LogP contribution in [0.2, 0.25) is 0 Å². The lowest BCUT2D eigenvalue weighted by Gasteiger charge is -2.25. The molecule has 0 aromatic carbocycles. The molecule has 10 heavy (non-hydrogen) atoms. The summed E-state index contributed by atoms with van der Waals surface area (Å²) < 4.78 is 0. The summed E-state index contributed by atoms with van der Waals surface area (Å²) in [4.78, 5) is 3.67. The first kappa shape index (κ1) is 6.84. The van der Waals surface area contributed by atoms with Gasteiger partial charge >= 0.3 is 0 Å². The highest BCUT2D eigenvalue weighted by molar-refractivity contribution is 5.79. The van der Waals surface area contributed by atoms with Crippen LogP contribution in [0.25, 0.3) is 0 Å². The van der Waals surface area contributed by atoms with E-state index < -0.39 is 6.17 Å². The van der Waals surface area contributed by atoms with Crippen LogP contribution in [-0.2, 0) is 0 Å². The van der Waals surface area contributed by atoms with Gasteiger partial charge in [-0.3, -0.25) is 5.01 Å². The molecule has 0 saturated heterocycles. The first-order valence-electron chi connectivity index (χ1n) is 2.72. The van der Waals surface area contributed by atoms with Crippen molar-refractivity contribution in [1.82, 2.24) is 5.01 Å². The summed E-state index contributed by atoms with van der Waals surface area (Å²) in [7, 11) is 0. The van der Waals surface area contributed by atoms with Gasteiger partial charge in [0.05, 0.1) is 0 Å². The second-order valence-electron chi connectivity index (χ2n) is 1.96. The van der Waals surface area contributed by atoms with Crippen molar-refractivity contribution < 1.29 is 0 Å². The van der Waals surface area contributed by atoms with Crippen LogP contribution in [0.15, 0.2) is 16.9 Å². The lowest BCUT2D eigenvalue weighted by atomic mass is 10.4. The number of hydrogen-bond donors (Lipinski definition) is 4. The van der Waals surface area contributed by atoms with E-state index in [1.54, 1.807) is 0 Å². The number of rotatable bonds is 0. The van der Waals surface area contributed by atoms with E-state index >= 15 is 0 Å². The Balaban J connectivity index is 2.85. The highest BCUT2D eigenvalue weighted by atomic mass is 15.5. The zero-order valence-electron chi connectivity index (χ0n) is 5.36. The lowest BCUT2D eigenvalue weighted by molar-refractivity contribution is 0.367. The highest BCUT2D eigenvalue weighted by Crippen LogP contribution is 1.99. The van der Waals surface area contributed by atoms with E-state index in [1.807, 2.05) is 0 Å². The monoisotopic (exact) mass is 142 g/mol.